The van der Waals surface area contributed by atoms with Gasteiger partial charge in [0.2, 0.25) is 11.9 Å². The fourth-order valence-electron chi connectivity index (χ4n) is 2.21. The molecule has 2 heterocycles. The van der Waals surface area contributed by atoms with E-state index in [0.29, 0.717) is 5.95 Å². The van der Waals surface area contributed by atoms with Gasteiger partial charge in [0.1, 0.15) is 6.04 Å². The molecule has 0 fully saturated rings. The average molecular weight is 299 g/mol. The van der Waals surface area contributed by atoms with Gasteiger partial charge < -0.3 is 5.11 Å². The molecule has 3 N–H and O–H groups in total. The van der Waals surface area contributed by atoms with Crippen molar-refractivity contribution in [2.45, 2.75) is 19.4 Å². The second-order valence-corrected chi connectivity index (χ2v) is 4.86. The molecule has 0 unspecified atom stereocenters. The van der Waals surface area contributed by atoms with E-state index in [1.54, 1.807) is 0 Å². The van der Waals surface area contributed by atoms with Crippen LogP contribution in [0.1, 0.15) is 12.1 Å². The van der Waals surface area contributed by atoms with Crippen LogP contribution < -0.4 is 10.6 Å². The van der Waals surface area contributed by atoms with Crippen molar-refractivity contribution in [3.05, 3.63) is 30.0 Å². The molecule has 0 aliphatic carbocycles. The van der Waals surface area contributed by atoms with Gasteiger partial charge in [0.15, 0.2) is 0 Å². The Bertz CT molecular complexity index is 802. The van der Waals surface area contributed by atoms with E-state index in [1.807, 2.05) is 31.2 Å². The average Bonchev–Trinajstić information content (AvgIpc) is 2.78. The van der Waals surface area contributed by atoms with Crippen molar-refractivity contribution in [3.63, 3.8) is 0 Å². The van der Waals surface area contributed by atoms with Crippen LogP contribution in [0, 0.1) is 6.92 Å². The number of anilines is 1. The molecule has 1 aromatic carbocycles. The van der Waals surface area contributed by atoms with E-state index in [4.69, 9.17) is 5.11 Å². The number of hydrogen-bond acceptors (Lipinski definition) is 6. The largest absolute Gasteiger partial charge is 0.481 e. The van der Waals surface area contributed by atoms with Crippen molar-refractivity contribution in [2.75, 3.05) is 5.32 Å². The number of benzene rings is 1. The number of nitrogens with one attached hydrogen (secondary N) is 2. The first kappa shape index (κ1) is 13.9. The van der Waals surface area contributed by atoms with Crippen LogP contribution in [0.4, 0.5) is 5.95 Å². The summed E-state index contributed by atoms with van der Waals surface area (Å²) in [6.45, 7) is 1.86. The Morgan fingerprint density at radius 3 is 2.91 bits per heavy atom. The highest BCUT2D eigenvalue weighted by Gasteiger charge is 2.28. The Balaban J connectivity index is 1.84. The van der Waals surface area contributed by atoms with Crippen LogP contribution in [-0.2, 0) is 9.59 Å². The van der Waals surface area contributed by atoms with Gasteiger partial charge in [0.05, 0.1) is 17.6 Å². The molecule has 8 nitrogen and oxygen atoms in total. The Kier molecular flexibility index (Phi) is 3.42. The molecule has 1 amide bonds. The summed E-state index contributed by atoms with van der Waals surface area (Å²) >= 11 is 0. The maximum atomic E-state index is 11.6. The highest BCUT2D eigenvalue weighted by molar-refractivity contribution is 6.10. The van der Waals surface area contributed by atoms with Crippen molar-refractivity contribution in [2.24, 2.45) is 4.99 Å². The third kappa shape index (κ3) is 2.71. The van der Waals surface area contributed by atoms with Crippen molar-refractivity contribution in [3.8, 4) is 0 Å². The molecule has 0 saturated carbocycles. The number of nitrogens with zero attached hydrogens (tertiary/aromatic N) is 3. The number of carboxylic acids is 1. The van der Waals surface area contributed by atoms with Crippen molar-refractivity contribution < 1.29 is 14.7 Å². The lowest BCUT2D eigenvalue weighted by atomic mass is 10.2. The van der Waals surface area contributed by atoms with Crippen molar-refractivity contribution >= 4 is 34.7 Å². The second-order valence-electron chi connectivity index (χ2n) is 4.86. The maximum absolute atomic E-state index is 11.6. The fourth-order valence-corrected chi connectivity index (χ4v) is 2.21. The predicted molar refractivity (Wildman–Crippen MR) is 79.5 cm³/mol. The summed E-state index contributed by atoms with van der Waals surface area (Å²) in [7, 11) is 0. The van der Waals surface area contributed by atoms with Gasteiger partial charge in [-0.2, -0.15) is 0 Å². The monoisotopic (exact) mass is 299 g/mol. The molecular weight excluding hydrogens is 286 g/mol. The van der Waals surface area contributed by atoms with Gasteiger partial charge in [-0.05, 0) is 13.0 Å². The van der Waals surface area contributed by atoms with E-state index in [1.165, 1.54) is 0 Å². The van der Waals surface area contributed by atoms with Crippen molar-refractivity contribution in [1.29, 1.82) is 0 Å². The van der Waals surface area contributed by atoms with Crippen LogP contribution >= 0.6 is 0 Å². The van der Waals surface area contributed by atoms with Crippen LogP contribution in [-0.4, -0.2) is 39.0 Å². The minimum atomic E-state index is -1.08. The summed E-state index contributed by atoms with van der Waals surface area (Å²) < 4.78 is 0. The Labute approximate surface area is 125 Å². The standard InChI is InChI=1S/C14H13N5O3/c1-7-8-4-2-3-5-9(8)16-13(15-7)19-14-17-10(6-11(20)21)12(22)18-14/h2-5,10H,6H2,1H3,(H,20,21)(H2,15,16,17,18,19,22)/t10-/m0/s1. The summed E-state index contributed by atoms with van der Waals surface area (Å²) in [6, 6.07) is 6.63. The van der Waals surface area contributed by atoms with Crippen LogP contribution in [0.3, 0.4) is 0 Å². The van der Waals surface area contributed by atoms with E-state index in [2.05, 4.69) is 25.6 Å². The zero-order chi connectivity index (χ0) is 15.7. The van der Waals surface area contributed by atoms with Gasteiger partial charge in [0, 0.05) is 5.39 Å². The normalized spacial score (nSPS) is 17.2. The van der Waals surface area contributed by atoms with Crippen LogP contribution in [0.15, 0.2) is 29.3 Å². The topological polar surface area (TPSA) is 117 Å². The zero-order valence-electron chi connectivity index (χ0n) is 11.7. The maximum Gasteiger partial charge on any atom is 0.306 e. The number of amides is 1. The molecule has 0 spiro atoms. The molecule has 22 heavy (non-hydrogen) atoms. The second kappa shape index (κ2) is 5.40. The molecule has 0 radical (unpaired) electrons. The number of fused-ring (bicyclic) bond motifs is 1. The summed E-state index contributed by atoms with van der Waals surface area (Å²) in [5.74, 6) is -1.08. The van der Waals surface area contributed by atoms with Gasteiger partial charge >= 0.3 is 5.97 Å². The lowest BCUT2D eigenvalue weighted by Crippen LogP contribution is -2.33. The molecule has 0 saturated heterocycles. The summed E-state index contributed by atoms with van der Waals surface area (Å²) in [5.41, 5.74) is 1.56. The fraction of sp³-hybridized carbons (Fsp3) is 0.214. The summed E-state index contributed by atoms with van der Waals surface area (Å²) in [6.07, 6.45) is -0.353. The van der Waals surface area contributed by atoms with E-state index < -0.39 is 17.9 Å². The molecule has 8 heteroatoms. The Morgan fingerprint density at radius 1 is 1.36 bits per heavy atom. The number of aliphatic imine (C=N–C) groups is 1. The number of para-hydroxylation sites is 1. The number of aromatic nitrogens is 2. The summed E-state index contributed by atoms with van der Waals surface area (Å²) in [4.78, 5) is 34.9. The van der Waals surface area contributed by atoms with Crippen LogP contribution in [0.2, 0.25) is 0 Å². The van der Waals surface area contributed by atoms with Gasteiger partial charge in [-0.25, -0.2) is 15.0 Å². The van der Waals surface area contributed by atoms with Crippen molar-refractivity contribution in [1.82, 2.24) is 15.3 Å². The SMILES string of the molecule is Cc1nc(NC2=N[C@@H](CC(=O)O)C(=O)N2)nc2ccccc12. The number of carbonyl (C=O) groups is 2. The lowest BCUT2D eigenvalue weighted by molar-refractivity contribution is -0.139. The molecule has 1 aliphatic rings. The highest BCUT2D eigenvalue weighted by atomic mass is 16.4. The quantitative estimate of drug-likeness (QED) is 0.767. The molecule has 1 aromatic heterocycles. The molecule has 0 bridgehead atoms. The predicted octanol–water partition coefficient (Wildman–Crippen LogP) is 0.679. The number of hydrogen-bond donors (Lipinski definition) is 3. The highest BCUT2D eigenvalue weighted by Crippen LogP contribution is 2.17. The number of carboxylic acid groups (broad SMARTS) is 1. The number of aliphatic carboxylic acids is 1. The van der Waals surface area contributed by atoms with Crippen LogP contribution in [0.5, 0.6) is 0 Å². The van der Waals surface area contributed by atoms with E-state index in [9.17, 15) is 9.59 Å². The molecule has 1 atom stereocenters. The lowest BCUT2D eigenvalue weighted by Gasteiger charge is -2.07. The van der Waals surface area contributed by atoms with Gasteiger partial charge in [-0.3, -0.25) is 20.2 Å². The minimum Gasteiger partial charge on any atom is -0.481 e. The van der Waals surface area contributed by atoms with E-state index in [-0.39, 0.29) is 12.4 Å². The van der Waals surface area contributed by atoms with Crippen LogP contribution in [0.25, 0.3) is 10.9 Å². The number of aryl methyl sites for hydroxylation is 1. The van der Waals surface area contributed by atoms with Gasteiger partial charge in [-0.15, -0.1) is 0 Å². The molecule has 112 valence electrons. The number of rotatable bonds is 3. The smallest absolute Gasteiger partial charge is 0.306 e. The van der Waals surface area contributed by atoms with Gasteiger partial charge in [0.25, 0.3) is 5.91 Å². The van der Waals surface area contributed by atoms with E-state index in [0.717, 1.165) is 16.6 Å². The molecule has 3 rings (SSSR count). The van der Waals surface area contributed by atoms with Gasteiger partial charge in [-0.1, -0.05) is 18.2 Å². The first-order valence-electron chi connectivity index (χ1n) is 6.64. The third-order valence-electron chi connectivity index (χ3n) is 3.22. The Hall–Kier alpha value is -3.03. The number of carbonyl (C=O) groups excluding carboxylic acids is 1. The van der Waals surface area contributed by atoms with E-state index >= 15 is 0 Å². The molecule has 2 aromatic rings. The molecule has 1 aliphatic heterocycles. The minimum absolute atomic E-state index is 0.158. The summed E-state index contributed by atoms with van der Waals surface area (Å²) in [5, 5.41) is 15.0. The Morgan fingerprint density at radius 2 is 2.14 bits per heavy atom. The number of guanidine groups is 1. The zero-order valence-corrected chi connectivity index (χ0v) is 11.7. The molecular formula is C14H13N5O3. The third-order valence-corrected chi connectivity index (χ3v) is 3.22. The first-order valence-corrected chi connectivity index (χ1v) is 6.64. The first-order chi connectivity index (χ1) is 10.5.